The van der Waals surface area contributed by atoms with Crippen LogP contribution in [0, 0.1) is 6.92 Å². The van der Waals surface area contributed by atoms with Crippen molar-refractivity contribution in [1.29, 1.82) is 0 Å². The lowest BCUT2D eigenvalue weighted by Gasteiger charge is -2.35. The van der Waals surface area contributed by atoms with E-state index in [0.717, 1.165) is 17.7 Å². The van der Waals surface area contributed by atoms with Crippen molar-refractivity contribution in [3.8, 4) is 0 Å². The van der Waals surface area contributed by atoms with Crippen molar-refractivity contribution < 1.29 is 0 Å². The number of halogens is 1. The van der Waals surface area contributed by atoms with E-state index in [1.165, 1.54) is 37.7 Å². The molecule has 94 valence electrons. The zero-order chi connectivity index (χ0) is 12.1. The number of rotatable bonds is 4. The summed E-state index contributed by atoms with van der Waals surface area (Å²) in [6, 6.07) is 5.01. The maximum Gasteiger partial charge on any atom is 0.128 e. The van der Waals surface area contributed by atoms with Crippen molar-refractivity contribution >= 4 is 21.7 Å². The Hall–Kier alpha value is -0.570. The maximum absolute atomic E-state index is 4.58. The summed E-state index contributed by atoms with van der Waals surface area (Å²) in [6.45, 7) is 3.15. The second-order valence-corrected chi connectivity index (χ2v) is 5.66. The van der Waals surface area contributed by atoms with Gasteiger partial charge in [0.2, 0.25) is 0 Å². The van der Waals surface area contributed by atoms with Crippen molar-refractivity contribution in [3.05, 3.63) is 23.9 Å². The number of hydrogen-bond acceptors (Lipinski definition) is 2. The smallest absolute Gasteiger partial charge is 0.128 e. The molecule has 0 radical (unpaired) electrons. The topological polar surface area (TPSA) is 16.1 Å². The van der Waals surface area contributed by atoms with Gasteiger partial charge in [0.1, 0.15) is 5.82 Å². The molecule has 0 amide bonds. The Labute approximate surface area is 113 Å². The van der Waals surface area contributed by atoms with E-state index >= 15 is 0 Å². The first-order valence-electron chi connectivity index (χ1n) is 6.56. The molecule has 0 bridgehead atoms. The minimum Gasteiger partial charge on any atom is -0.353 e. The predicted octanol–water partition coefficient (Wildman–Crippen LogP) is 3.92. The molecule has 1 saturated carbocycles. The Balaban J connectivity index is 2.12. The minimum atomic E-state index is 0.691. The maximum atomic E-state index is 4.58. The Morgan fingerprint density at radius 3 is 2.65 bits per heavy atom. The summed E-state index contributed by atoms with van der Waals surface area (Å²) in [5, 5.41) is 1.01. The van der Waals surface area contributed by atoms with Crippen LogP contribution in [0.1, 0.15) is 37.7 Å². The van der Waals surface area contributed by atoms with Crippen molar-refractivity contribution in [2.45, 2.75) is 45.1 Å². The number of anilines is 1. The van der Waals surface area contributed by atoms with Crippen LogP contribution in [0.2, 0.25) is 0 Å². The molecule has 0 aromatic carbocycles. The van der Waals surface area contributed by atoms with Crippen LogP contribution in [-0.2, 0) is 0 Å². The van der Waals surface area contributed by atoms with E-state index in [4.69, 9.17) is 0 Å². The summed E-state index contributed by atoms with van der Waals surface area (Å²) < 4.78 is 0. The summed E-state index contributed by atoms with van der Waals surface area (Å²) in [6.07, 6.45) is 8.76. The molecule has 1 fully saturated rings. The molecule has 3 heteroatoms. The molecule has 0 N–H and O–H groups in total. The first-order valence-corrected chi connectivity index (χ1v) is 7.68. The van der Waals surface area contributed by atoms with Crippen LogP contribution in [0.3, 0.4) is 0 Å². The molecule has 0 unspecified atom stereocenters. The number of hydrogen-bond donors (Lipinski definition) is 0. The van der Waals surface area contributed by atoms with Crippen LogP contribution in [0.15, 0.2) is 18.3 Å². The second-order valence-electron chi connectivity index (χ2n) is 4.87. The number of pyridine rings is 1. The quantitative estimate of drug-likeness (QED) is 0.783. The van der Waals surface area contributed by atoms with Crippen molar-refractivity contribution in [2.24, 2.45) is 0 Å². The molecular weight excluding hydrogens is 276 g/mol. The molecule has 2 rings (SSSR count). The Morgan fingerprint density at radius 2 is 2.06 bits per heavy atom. The van der Waals surface area contributed by atoms with Gasteiger partial charge in [-0.05, 0) is 31.4 Å². The first kappa shape index (κ1) is 12.9. The third kappa shape index (κ3) is 3.44. The lowest BCUT2D eigenvalue weighted by atomic mass is 9.94. The number of nitrogens with zero attached hydrogens (tertiary/aromatic N) is 2. The van der Waals surface area contributed by atoms with Gasteiger partial charge >= 0.3 is 0 Å². The molecule has 1 aromatic rings. The lowest BCUT2D eigenvalue weighted by Crippen LogP contribution is -2.38. The molecule has 0 atom stereocenters. The monoisotopic (exact) mass is 296 g/mol. The van der Waals surface area contributed by atoms with E-state index in [2.05, 4.69) is 44.9 Å². The second kappa shape index (κ2) is 6.39. The zero-order valence-corrected chi connectivity index (χ0v) is 12.1. The van der Waals surface area contributed by atoms with Gasteiger partial charge in [0.25, 0.3) is 0 Å². The fourth-order valence-electron chi connectivity index (χ4n) is 2.60. The summed E-state index contributed by atoms with van der Waals surface area (Å²) in [7, 11) is 0. The molecular formula is C14H21BrN2. The molecule has 0 spiro atoms. The highest BCUT2D eigenvalue weighted by Gasteiger charge is 2.21. The highest BCUT2D eigenvalue weighted by Crippen LogP contribution is 2.26. The van der Waals surface area contributed by atoms with Gasteiger partial charge in [0, 0.05) is 24.1 Å². The molecule has 2 nitrogen and oxygen atoms in total. The molecule has 0 saturated heterocycles. The summed E-state index contributed by atoms with van der Waals surface area (Å²) in [5.41, 5.74) is 1.23. The van der Waals surface area contributed by atoms with Gasteiger partial charge < -0.3 is 4.90 Å². The molecule has 1 aromatic heterocycles. The van der Waals surface area contributed by atoms with Gasteiger partial charge in [0.05, 0.1) is 0 Å². The van der Waals surface area contributed by atoms with Gasteiger partial charge in [-0.2, -0.15) is 0 Å². The molecule has 0 aliphatic heterocycles. The highest BCUT2D eigenvalue weighted by molar-refractivity contribution is 9.09. The number of aromatic nitrogens is 1. The van der Waals surface area contributed by atoms with Gasteiger partial charge in [-0.1, -0.05) is 41.3 Å². The van der Waals surface area contributed by atoms with Crippen molar-refractivity contribution in [2.75, 3.05) is 16.8 Å². The summed E-state index contributed by atoms with van der Waals surface area (Å²) in [4.78, 5) is 7.06. The van der Waals surface area contributed by atoms with Crippen molar-refractivity contribution in [1.82, 2.24) is 4.98 Å². The largest absolute Gasteiger partial charge is 0.353 e. The normalized spacial score (nSPS) is 17.1. The van der Waals surface area contributed by atoms with E-state index in [1.54, 1.807) is 0 Å². The third-order valence-corrected chi connectivity index (χ3v) is 3.89. The summed E-state index contributed by atoms with van der Waals surface area (Å²) in [5.74, 6) is 1.14. The first-order chi connectivity index (χ1) is 8.31. The van der Waals surface area contributed by atoms with E-state index in [0.29, 0.717) is 6.04 Å². The van der Waals surface area contributed by atoms with Crippen LogP contribution in [0.25, 0.3) is 0 Å². The van der Waals surface area contributed by atoms with E-state index in [1.807, 2.05) is 6.20 Å². The molecule has 17 heavy (non-hydrogen) atoms. The van der Waals surface area contributed by atoms with Crippen LogP contribution in [0.5, 0.6) is 0 Å². The Bertz CT molecular complexity index is 331. The van der Waals surface area contributed by atoms with Gasteiger partial charge in [-0.25, -0.2) is 4.98 Å². The van der Waals surface area contributed by atoms with Crippen LogP contribution < -0.4 is 4.90 Å². The predicted molar refractivity (Wildman–Crippen MR) is 77.0 cm³/mol. The third-order valence-electron chi connectivity index (χ3n) is 3.53. The van der Waals surface area contributed by atoms with Crippen LogP contribution in [0.4, 0.5) is 5.82 Å². The van der Waals surface area contributed by atoms with Gasteiger partial charge in [-0.3, -0.25) is 0 Å². The van der Waals surface area contributed by atoms with Crippen LogP contribution in [-0.4, -0.2) is 22.9 Å². The van der Waals surface area contributed by atoms with E-state index in [9.17, 15) is 0 Å². The Kier molecular flexibility index (Phi) is 4.84. The average Bonchev–Trinajstić information content (AvgIpc) is 2.38. The Morgan fingerprint density at radius 1 is 1.29 bits per heavy atom. The standard InChI is InChI=1S/C14H21BrN2/c1-12-7-8-14(16-11-12)17(10-9-15)13-5-3-2-4-6-13/h7-8,11,13H,2-6,9-10H2,1H3. The zero-order valence-electron chi connectivity index (χ0n) is 10.5. The fourth-order valence-corrected chi connectivity index (χ4v) is 2.98. The minimum absolute atomic E-state index is 0.691. The molecule has 1 aliphatic carbocycles. The molecule has 1 aliphatic rings. The van der Waals surface area contributed by atoms with E-state index < -0.39 is 0 Å². The number of aryl methyl sites for hydroxylation is 1. The lowest BCUT2D eigenvalue weighted by molar-refractivity contribution is 0.417. The summed E-state index contributed by atoms with van der Waals surface area (Å²) >= 11 is 3.56. The van der Waals surface area contributed by atoms with E-state index in [-0.39, 0.29) is 0 Å². The highest BCUT2D eigenvalue weighted by atomic mass is 79.9. The van der Waals surface area contributed by atoms with Crippen molar-refractivity contribution in [3.63, 3.8) is 0 Å². The molecule has 1 heterocycles. The van der Waals surface area contributed by atoms with Gasteiger partial charge in [-0.15, -0.1) is 0 Å². The van der Waals surface area contributed by atoms with Crippen LogP contribution >= 0.6 is 15.9 Å². The SMILES string of the molecule is Cc1ccc(N(CCBr)C2CCCCC2)nc1. The van der Waals surface area contributed by atoms with Gasteiger partial charge in [0.15, 0.2) is 0 Å². The fraction of sp³-hybridized carbons (Fsp3) is 0.643. The number of alkyl halides is 1. The average molecular weight is 297 g/mol.